The fourth-order valence-corrected chi connectivity index (χ4v) is 3.30. The summed E-state index contributed by atoms with van der Waals surface area (Å²) >= 11 is 0. The van der Waals surface area contributed by atoms with E-state index in [4.69, 9.17) is 10.5 Å². The molecule has 0 unspecified atom stereocenters. The number of aryl methyl sites for hydroxylation is 2. The minimum absolute atomic E-state index is 0.367. The number of nitrogens with zero attached hydrogens (tertiary/aromatic N) is 1. The molecule has 1 saturated carbocycles. The van der Waals surface area contributed by atoms with Gasteiger partial charge in [0.05, 0.1) is 0 Å². The van der Waals surface area contributed by atoms with Gasteiger partial charge in [-0.25, -0.2) is 4.98 Å². The summed E-state index contributed by atoms with van der Waals surface area (Å²) in [6, 6.07) is 6.36. The molecule has 1 aromatic heterocycles. The molecule has 0 saturated heterocycles. The number of fused-ring (bicyclic) bond motifs is 1. The number of hydrogen-bond acceptors (Lipinski definition) is 3. The van der Waals surface area contributed by atoms with Gasteiger partial charge in [-0.15, -0.1) is 0 Å². The Hall–Kier alpha value is -2.03. The molecule has 2 aliphatic rings. The first kappa shape index (κ1) is 12.7. The number of pyridine rings is 1. The maximum absolute atomic E-state index is 6.47. The van der Waals surface area contributed by atoms with Crippen LogP contribution in [0.15, 0.2) is 24.4 Å². The Morgan fingerprint density at radius 3 is 2.90 bits per heavy atom. The number of ether oxygens (including phenoxy) is 1. The van der Waals surface area contributed by atoms with Gasteiger partial charge >= 0.3 is 0 Å². The zero-order chi connectivity index (χ0) is 14.4. The van der Waals surface area contributed by atoms with Gasteiger partial charge in [0.25, 0.3) is 0 Å². The smallest absolute Gasteiger partial charge is 0.214 e. The first-order valence-electron chi connectivity index (χ1n) is 7.76. The summed E-state index contributed by atoms with van der Waals surface area (Å²) in [5, 5.41) is 0. The van der Waals surface area contributed by atoms with Crippen LogP contribution in [0.2, 0.25) is 0 Å². The van der Waals surface area contributed by atoms with Gasteiger partial charge in [0.15, 0.2) is 0 Å². The second kappa shape index (κ2) is 4.76. The van der Waals surface area contributed by atoms with Gasteiger partial charge in [-0.3, -0.25) is 0 Å². The van der Waals surface area contributed by atoms with Gasteiger partial charge in [0.2, 0.25) is 5.88 Å². The second-order valence-electron chi connectivity index (χ2n) is 6.17. The summed E-state index contributed by atoms with van der Waals surface area (Å²) in [6.45, 7) is 2.14. The predicted octanol–water partition coefficient (Wildman–Crippen LogP) is 3.67. The molecule has 0 spiro atoms. The Morgan fingerprint density at radius 2 is 2.10 bits per heavy atom. The maximum atomic E-state index is 6.47. The summed E-state index contributed by atoms with van der Waals surface area (Å²) < 4.78 is 5.81. The van der Waals surface area contributed by atoms with Crippen LogP contribution < -0.4 is 10.5 Å². The summed E-state index contributed by atoms with van der Waals surface area (Å²) in [4.78, 5) is 4.31. The van der Waals surface area contributed by atoms with Crippen molar-refractivity contribution >= 4 is 5.69 Å². The molecular formula is C18H20N2O. The number of rotatable bonds is 3. The summed E-state index contributed by atoms with van der Waals surface area (Å²) in [6.07, 6.45) is 7.95. The molecular weight excluding hydrogens is 260 g/mol. The summed E-state index contributed by atoms with van der Waals surface area (Å²) in [7, 11) is 0. The molecule has 0 amide bonds. The van der Waals surface area contributed by atoms with E-state index in [9.17, 15) is 0 Å². The second-order valence-corrected chi connectivity index (χ2v) is 6.17. The van der Waals surface area contributed by atoms with Gasteiger partial charge in [0, 0.05) is 23.5 Å². The molecule has 2 N–H and O–H groups in total. The van der Waals surface area contributed by atoms with Crippen LogP contribution in [-0.2, 0) is 12.8 Å². The molecule has 1 heterocycles. The third-order valence-electron chi connectivity index (χ3n) is 4.48. The molecule has 4 rings (SSSR count). The van der Waals surface area contributed by atoms with Crippen LogP contribution in [0.25, 0.3) is 11.1 Å². The van der Waals surface area contributed by atoms with E-state index in [0.29, 0.717) is 12.0 Å². The van der Waals surface area contributed by atoms with E-state index < -0.39 is 0 Å². The Kier molecular flexibility index (Phi) is 2.88. The minimum atomic E-state index is 0.367. The van der Waals surface area contributed by atoms with Crippen molar-refractivity contribution in [3.8, 4) is 17.0 Å². The third-order valence-corrected chi connectivity index (χ3v) is 4.48. The van der Waals surface area contributed by atoms with Crippen molar-refractivity contribution in [1.29, 1.82) is 0 Å². The number of nitrogen functional groups attached to an aromatic ring is 1. The van der Waals surface area contributed by atoms with E-state index in [2.05, 4.69) is 18.0 Å². The molecule has 0 bridgehead atoms. The van der Waals surface area contributed by atoms with Crippen molar-refractivity contribution in [2.45, 2.75) is 45.1 Å². The fraction of sp³-hybridized carbons (Fsp3) is 0.389. The number of nitrogens with two attached hydrogens (primary N) is 1. The molecule has 3 nitrogen and oxygen atoms in total. The van der Waals surface area contributed by atoms with Crippen LogP contribution in [-0.4, -0.2) is 11.1 Å². The molecule has 0 aliphatic heterocycles. The van der Waals surface area contributed by atoms with Crippen molar-refractivity contribution in [2.24, 2.45) is 0 Å². The van der Waals surface area contributed by atoms with E-state index in [1.165, 1.54) is 23.1 Å². The third kappa shape index (κ3) is 2.27. The SMILES string of the molecule is Cc1cc2c(c(N)c1-c1ccnc(OC3CC3)c1)CCC2. The van der Waals surface area contributed by atoms with E-state index in [1.54, 1.807) is 0 Å². The minimum Gasteiger partial charge on any atom is -0.474 e. The van der Waals surface area contributed by atoms with Crippen LogP contribution in [0.5, 0.6) is 5.88 Å². The van der Waals surface area contributed by atoms with Crippen LogP contribution in [0.1, 0.15) is 36.0 Å². The van der Waals surface area contributed by atoms with Gasteiger partial charge in [-0.2, -0.15) is 0 Å². The standard InChI is InChI=1S/C18H20N2O/c1-11-9-12-3-2-4-15(12)18(19)17(11)13-7-8-20-16(10-13)21-14-5-6-14/h7-10,14H,2-6,19H2,1H3. The highest BCUT2D eigenvalue weighted by Gasteiger charge is 2.24. The van der Waals surface area contributed by atoms with Crippen molar-refractivity contribution in [3.05, 3.63) is 41.1 Å². The highest BCUT2D eigenvalue weighted by atomic mass is 16.5. The monoisotopic (exact) mass is 280 g/mol. The number of hydrogen-bond donors (Lipinski definition) is 1. The van der Waals surface area contributed by atoms with Crippen LogP contribution in [0.3, 0.4) is 0 Å². The summed E-state index contributed by atoms with van der Waals surface area (Å²) in [5.41, 5.74) is 13.7. The lowest BCUT2D eigenvalue weighted by atomic mass is 9.93. The molecule has 1 fully saturated rings. The van der Waals surface area contributed by atoms with Crippen LogP contribution in [0.4, 0.5) is 5.69 Å². The molecule has 0 radical (unpaired) electrons. The van der Waals surface area contributed by atoms with Crippen molar-refractivity contribution < 1.29 is 4.74 Å². The zero-order valence-corrected chi connectivity index (χ0v) is 12.4. The number of aromatic nitrogens is 1. The Bertz CT molecular complexity index is 705. The van der Waals surface area contributed by atoms with Crippen molar-refractivity contribution in [2.75, 3.05) is 5.73 Å². The van der Waals surface area contributed by atoms with Gasteiger partial charge in [-0.1, -0.05) is 6.07 Å². The van der Waals surface area contributed by atoms with Gasteiger partial charge in [0.1, 0.15) is 6.10 Å². The summed E-state index contributed by atoms with van der Waals surface area (Å²) in [5.74, 6) is 0.717. The predicted molar refractivity (Wildman–Crippen MR) is 84.5 cm³/mol. The average Bonchev–Trinajstić information content (AvgIpc) is 3.14. The number of benzene rings is 1. The van der Waals surface area contributed by atoms with E-state index in [0.717, 1.165) is 42.5 Å². The largest absolute Gasteiger partial charge is 0.474 e. The highest BCUT2D eigenvalue weighted by molar-refractivity contribution is 5.83. The molecule has 21 heavy (non-hydrogen) atoms. The lowest BCUT2D eigenvalue weighted by Crippen LogP contribution is -2.01. The first-order chi connectivity index (χ1) is 10.2. The van der Waals surface area contributed by atoms with Crippen LogP contribution in [0, 0.1) is 6.92 Å². The Balaban J connectivity index is 1.79. The highest BCUT2D eigenvalue weighted by Crippen LogP contribution is 2.39. The fourth-order valence-electron chi connectivity index (χ4n) is 3.30. The van der Waals surface area contributed by atoms with Gasteiger partial charge in [-0.05, 0) is 67.3 Å². The maximum Gasteiger partial charge on any atom is 0.214 e. The van der Waals surface area contributed by atoms with Gasteiger partial charge < -0.3 is 10.5 Å². The Labute approximate surface area is 125 Å². The van der Waals surface area contributed by atoms with Crippen molar-refractivity contribution in [1.82, 2.24) is 4.98 Å². The average molecular weight is 280 g/mol. The molecule has 0 atom stereocenters. The number of anilines is 1. The van der Waals surface area contributed by atoms with E-state index in [-0.39, 0.29) is 0 Å². The van der Waals surface area contributed by atoms with Crippen LogP contribution >= 0.6 is 0 Å². The Morgan fingerprint density at radius 1 is 1.24 bits per heavy atom. The normalized spacial score (nSPS) is 16.8. The topological polar surface area (TPSA) is 48.1 Å². The quantitative estimate of drug-likeness (QED) is 0.873. The molecule has 2 aromatic rings. The lowest BCUT2D eigenvalue weighted by Gasteiger charge is -2.15. The van der Waals surface area contributed by atoms with E-state index >= 15 is 0 Å². The van der Waals surface area contributed by atoms with E-state index in [1.807, 2.05) is 18.3 Å². The first-order valence-corrected chi connectivity index (χ1v) is 7.76. The lowest BCUT2D eigenvalue weighted by molar-refractivity contribution is 0.291. The zero-order valence-electron chi connectivity index (χ0n) is 12.4. The molecule has 2 aliphatic carbocycles. The molecule has 3 heteroatoms. The molecule has 108 valence electrons. The molecule has 1 aromatic carbocycles. The van der Waals surface area contributed by atoms with Crippen molar-refractivity contribution in [3.63, 3.8) is 0 Å².